The maximum absolute atomic E-state index is 14.5. The van der Waals surface area contributed by atoms with Crippen LogP contribution in [0.5, 0.6) is 0 Å². The standard InChI is InChI=1S/C19H18ClFN4O5S/c1-9-3-5-14(21)12(7-9)10(2)16(18-23-24-19(27)30-18)25-31(28,29)15-6-4-11(20)8-13(15)17(22)26/h3-8,10,16,25H,1-2H3,(H2,22,26)(H,24,27)/t10-,16-/m1/s1. The molecule has 31 heavy (non-hydrogen) atoms. The van der Waals surface area contributed by atoms with Crippen LogP contribution in [0.15, 0.2) is 50.5 Å². The Bertz CT molecular complexity index is 1300. The fraction of sp³-hybridized carbons (Fsp3) is 0.211. The first-order valence-corrected chi connectivity index (χ1v) is 10.8. The van der Waals surface area contributed by atoms with Crippen LogP contribution in [0, 0.1) is 12.7 Å². The Morgan fingerprint density at radius 2 is 2.00 bits per heavy atom. The summed E-state index contributed by atoms with van der Waals surface area (Å²) in [4.78, 5) is 22.8. The van der Waals surface area contributed by atoms with Gasteiger partial charge in [0, 0.05) is 10.9 Å². The van der Waals surface area contributed by atoms with E-state index in [0.29, 0.717) is 0 Å². The minimum absolute atomic E-state index is 0.109. The average Bonchev–Trinajstić information content (AvgIpc) is 3.13. The largest absolute Gasteiger partial charge is 0.434 e. The molecule has 9 nitrogen and oxygen atoms in total. The Hall–Kier alpha value is -3.02. The summed E-state index contributed by atoms with van der Waals surface area (Å²) in [6.07, 6.45) is 0. The molecule has 0 bridgehead atoms. The van der Waals surface area contributed by atoms with Gasteiger partial charge in [0.1, 0.15) is 11.9 Å². The number of amides is 1. The first-order valence-electron chi connectivity index (χ1n) is 8.92. The molecule has 0 unspecified atom stereocenters. The quantitative estimate of drug-likeness (QED) is 0.484. The summed E-state index contributed by atoms with van der Waals surface area (Å²) in [5, 5.41) is 5.86. The number of halogens is 2. The molecule has 4 N–H and O–H groups in total. The van der Waals surface area contributed by atoms with Gasteiger partial charge in [0.25, 0.3) is 0 Å². The molecule has 2 atom stereocenters. The van der Waals surface area contributed by atoms with Gasteiger partial charge in [0.05, 0.1) is 10.5 Å². The van der Waals surface area contributed by atoms with E-state index in [1.54, 1.807) is 19.1 Å². The Balaban J connectivity index is 2.11. The lowest BCUT2D eigenvalue weighted by molar-refractivity contribution is 0.0997. The molecule has 0 radical (unpaired) electrons. The van der Waals surface area contributed by atoms with E-state index in [1.807, 2.05) is 0 Å². The van der Waals surface area contributed by atoms with Crippen molar-refractivity contribution in [1.82, 2.24) is 14.9 Å². The Morgan fingerprint density at radius 3 is 2.61 bits per heavy atom. The number of aryl methyl sites for hydroxylation is 1. The van der Waals surface area contributed by atoms with Crippen LogP contribution in [-0.4, -0.2) is 24.5 Å². The molecule has 1 heterocycles. The molecule has 0 fully saturated rings. The molecule has 3 aromatic rings. The van der Waals surface area contributed by atoms with Crippen LogP contribution in [0.3, 0.4) is 0 Å². The second-order valence-corrected chi connectivity index (χ2v) is 8.99. The molecule has 1 aromatic heterocycles. The van der Waals surface area contributed by atoms with Gasteiger partial charge < -0.3 is 10.2 Å². The van der Waals surface area contributed by atoms with Crippen molar-refractivity contribution in [3.05, 3.63) is 80.4 Å². The maximum Gasteiger partial charge on any atom is 0.434 e. The highest BCUT2D eigenvalue weighted by molar-refractivity contribution is 7.89. The summed E-state index contributed by atoms with van der Waals surface area (Å²) in [7, 11) is -4.41. The lowest BCUT2D eigenvalue weighted by atomic mass is 9.92. The number of sulfonamides is 1. The monoisotopic (exact) mass is 468 g/mol. The molecule has 12 heteroatoms. The van der Waals surface area contributed by atoms with E-state index >= 15 is 0 Å². The minimum Gasteiger partial charge on any atom is -0.391 e. The summed E-state index contributed by atoms with van der Waals surface area (Å²) in [6, 6.07) is 6.56. The lowest BCUT2D eigenvalue weighted by Crippen LogP contribution is -2.34. The number of aromatic nitrogens is 2. The van der Waals surface area contributed by atoms with Crippen molar-refractivity contribution < 1.29 is 22.0 Å². The average molecular weight is 469 g/mol. The number of H-pyrrole nitrogens is 1. The Morgan fingerprint density at radius 1 is 1.29 bits per heavy atom. The van der Waals surface area contributed by atoms with Gasteiger partial charge in [-0.3, -0.25) is 4.79 Å². The normalized spacial score (nSPS) is 13.7. The second kappa shape index (κ2) is 8.61. The third kappa shape index (κ3) is 4.84. The Labute approximate surface area is 181 Å². The van der Waals surface area contributed by atoms with Gasteiger partial charge in [-0.2, -0.15) is 4.72 Å². The van der Waals surface area contributed by atoms with E-state index in [-0.39, 0.29) is 22.0 Å². The van der Waals surface area contributed by atoms with Crippen molar-refractivity contribution in [2.45, 2.75) is 30.7 Å². The van der Waals surface area contributed by atoms with Crippen LogP contribution >= 0.6 is 11.6 Å². The van der Waals surface area contributed by atoms with Crippen molar-refractivity contribution in [1.29, 1.82) is 0 Å². The summed E-state index contributed by atoms with van der Waals surface area (Å²) < 4.78 is 48.1. The molecule has 0 saturated heterocycles. The van der Waals surface area contributed by atoms with Crippen LogP contribution in [0.4, 0.5) is 4.39 Å². The number of rotatable bonds is 7. The number of primary amides is 1. The number of hydrogen-bond acceptors (Lipinski definition) is 6. The number of carbonyl (C=O) groups excluding carboxylic acids is 1. The molecule has 0 aliphatic rings. The van der Waals surface area contributed by atoms with Gasteiger partial charge in [0.2, 0.25) is 21.8 Å². The minimum atomic E-state index is -4.41. The smallest absolute Gasteiger partial charge is 0.391 e. The first-order chi connectivity index (χ1) is 14.5. The van der Waals surface area contributed by atoms with Crippen LogP contribution < -0.4 is 16.2 Å². The van der Waals surface area contributed by atoms with Crippen molar-refractivity contribution in [2.24, 2.45) is 5.73 Å². The third-order valence-corrected chi connectivity index (χ3v) is 6.38. The van der Waals surface area contributed by atoms with E-state index in [2.05, 4.69) is 14.9 Å². The molecular formula is C19H18ClFN4O5S. The summed E-state index contributed by atoms with van der Waals surface area (Å²) in [5.74, 6) is -3.67. The molecule has 2 aromatic carbocycles. The fourth-order valence-electron chi connectivity index (χ4n) is 3.09. The van der Waals surface area contributed by atoms with E-state index in [9.17, 15) is 22.4 Å². The van der Waals surface area contributed by atoms with Crippen molar-refractivity contribution >= 4 is 27.5 Å². The fourth-order valence-corrected chi connectivity index (χ4v) is 4.73. The van der Waals surface area contributed by atoms with Gasteiger partial charge in [-0.15, -0.1) is 5.10 Å². The lowest BCUT2D eigenvalue weighted by Gasteiger charge is -2.23. The molecule has 0 spiro atoms. The zero-order valence-corrected chi connectivity index (χ0v) is 17.9. The molecule has 0 aliphatic heterocycles. The highest BCUT2D eigenvalue weighted by Gasteiger charge is 2.33. The molecule has 3 rings (SSSR count). The molecule has 0 aliphatic carbocycles. The van der Waals surface area contributed by atoms with Gasteiger partial charge in [-0.1, -0.05) is 36.2 Å². The molecule has 164 valence electrons. The molecular weight excluding hydrogens is 451 g/mol. The third-order valence-electron chi connectivity index (χ3n) is 4.64. The van der Waals surface area contributed by atoms with Crippen LogP contribution in [-0.2, 0) is 10.0 Å². The SMILES string of the molecule is Cc1ccc(F)c([C@@H](C)[C@@H](NS(=O)(=O)c2ccc(Cl)cc2C(N)=O)c2n[nH]c(=O)o2)c1. The number of benzene rings is 2. The summed E-state index contributed by atoms with van der Waals surface area (Å²) in [6.45, 7) is 3.28. The topological polar surface area (TPSA) is 148 Å². The number of nitrogens with two attached hydrogens (primary N) is 1. The van der Waals surface area contributed by atoms with Crippen LogP contribution in [0.25, 0.3) is 0 Å². The van der Waals surface area contributed by atoms with Gasteiger partial charge in [-0.05, 0) is 36.8 Å². The molecule has 1 amide bonds. The van der Waals surface area contributed by atoms with Crippen LogP contribution in [0.1, 0.15) is 46.3 Å². The predicted octanol–water partition coefficient (Wildman–Crippen LogP) is 2.39. The number of nitrogens with zero attached hydrogens (tertiary/aromatic N) is 1. The number of nitrogens with one attached hydrogen (secondary N) is 2. The zero-order chi connectivity index (χ0) is 22.9. The van der Waals surface area contributed by atoms with Gasteiger partial charge in [-0.25, -0.2) is 22.7 Å². The van der Waals surface area contributed by atoms with E-state index in [1.165, 1.54) is 19.1 Å². The summed E-state index contributed by atoms with van der Waals surface area (Å²) in [5.41, 5.74) is 5.87. The van der Waals surface area contributed by atoms with Crippen molar-refractivity contribution in [2.75, 3.05) is 0 Å². The van der Waals surface area contributed by atoms with Crippen molar-refractivity contribution in [3.8, 4) is 0 Å². The van der Waals surface area contributed by atoms with Gasteiger partial charge in [0.15, 0.2) is 0 Å². The Kier molecular flexibility index (Phi) is 6.30. The number of hydrogen-bond donors (Lipinski definition) is 3. The van der Waals surface area contributed by atoms with E-state index in [0.717, 1.165) is 17.7 Å². The highest BCUT2D eigenvalue weighted by atomic mass is 35.5. The van der Waals surface area contributed by atoms with Gasteiger partial charge >= 0.3 is 5.76 Å². The summed E-state index contributed by atoms with van der Waals surface area (Å²) >= 11 is 5.85. The second-order valence-electron chi connectivity index (χ2n) is 6.87. The molecule has 0 saturated carbocycles. The number of carbonyl (C=O) groups is 1. The maximum atomic E-state index is 14.5. The number of aromatic amines is 1. The predicted molar refractivity (Wildman–Crippen MR) is 110 cm³/mol. The van der Waals surface area contributed by atoms with Crippen molar-refractivity contribution in [3.63, 3.8) is 0 Å². The zero-order valence-electron chi connectivity index (χ0n) is 16.3. The van der Waals surface area contributed by atoms with E-state index < -0.39 is 44.4 Å². The highest BCUT2D eigenvalue weighted by Crippen LogP contribution is 2.33. The first kappa shape index (κ1) is 22.7. The van der Waals surface area contributed by atoms with Crippen LogP contribution in [0.2, 0.25) is 5.02 Å². The van der Waals surface area contributed by atoms with E-state index in [4.69, 9.17) is 21.8 Å².